The van der Waals surface area contributed by atoms with Crippen molar-refractivity contribution >= 4 is 23.3 Å². The molecule has 0 bridgehead atoms. The largest absolute Gasteiger partial charge is 0.359 e. The number of allylic oxidation sites excluding steroid dienone is 2. The molecule has 0 spiro atoms. The Labute approximate surface area is 175 Å². The molecular formula is C22H26FN5O2. The second-order valence-electron chi connectivity index (χ2n) is 8.11. The van der Waals surface area contributed by atoms with Crippen molar-refractivity contribution in [2.45, 2.75) is 33.7 Å². The highest BCUT2D eigenvalue weighted by atomic mass is 19.1. The van der Waals surface area contributed by atoms with Gasteiger partial charge in [0.05, 0.1) is 11.6 Å². The van der Waals surface area contributed by atoms with Gasteiger partial charge in [-0.1, -0.05) is 38.8 Å². The van der Waals surface area contributed by atoms with Gasteiger partial charge < -0.3 is 21.3 Å². The number of dihydropyridines is 1. The first-order valence-corrected chi connectivity index (χ1v) is 9.36. The quantitative estimate of drug-likeness (QED) is 0.380. The SMILES string of the molecule is C#CC(=N)C1C=CC=C(NC(=O)c2cc(NC(=O)NCC(C)(C)C)c(C)cc2F)N1. The Balaban J connectivity index is 2.13. The predicted molar refractivity (Wildman–Crippen MR) is 116 cm³/mol. The fourth-order valence-corrected chi connectivity index (χ4v) is 2.55. The van der Waals surface area contributed by atoms with Gasteiger partial charge >= 0.3 is 6.03 Å². The summed E-state index contributed by atoms with van der Waals surface area (Å²) in [5.74, 6) is 1.09. The highest BCUT2D eigenvalue weighted by Gasteiger charge is 2.20. The van der Waals surface area contributed by atoms with E-state index in [4.69, 9.17) is 11.8 Å². The number of carbonyl (C=O) groups is 2. The molecule has 3 amide bonds. The summed E-state index contributed by atoms with van der Waals surface area (Å²) in [7, 11) is 0. The fourth-order valence-electron chi connectivity index (χ4n) is 2.55. The minimum Gasteiger partial charge on any atom is -0.359 e. The standard InChI is InChI=1S/C22H26FN5O2/c1-6-16(24)17-8-7-9-19(26-17)28-20(29)14-11-18(13(2)10-15(14)23)27-21(30)25-12-22(3,4)5/h1,7-11,17,24,26H,12H2,2-5H3,(H,28,29)(H2,25,27,30). The van der Waals surface area contributed by atoms with E-state index < -0.39 is 23.8 Å². The minimum atomic E-state index is -0.717. The van der Waals surface area contributed by atoms with Gasteiger partial charge in [-0.25, -0.2) is 9.18 Å². The van der Waals surface area contributed by atoms with E-state index in [0.29, 0.717) is 17.8 Å². The van der Waals surface area contributed by atoms with Crippen LogP contribution in [0.2, 0.25) is 0 Å². The van der Waals surface area contributed by atoms with Gasteiger partial charge in [-0.2, -0.15) is 0 Å². The molecule has 1 aliphatic rings. The van der Waals surface area contributed by atoms with Crippen LogP contribution in [0.1, 0.15) is 36.7 Å². The lowest BCUT2D eigenvalue weighted by Crippen LogP contribution is -2.41. The van der Waals surface area contributed by atoms with E-state index in [1.807, 2.05) is 20.8 Å². The highest BCUT2D eigenvalue weighted by molar-refractivity contribution is 6.03. The van der Waals surface area contributed by atoms with E-state index in [2.05, 4.69) is 27.2 Å². The Bertz CT molecular complexity index is 967. The summed E-state index contributed by atoms with van der Waals surface area (Å²) in [6, 6.07) is 1.48. The van der Waals surface area contributed by atoms with Crippen molar-refractivity contribution in [3.8, 4) is 12.3 Å². The third-order valence-corrected chi connectivity index (χ3v) is 4.18. The summed E-state index contributed by atoms with van der Waals surface area (Å²) in [4.78, 5) is 24.8. The number of hydrogen-bond acceptors (Lipinski definition) is 4. The number of halogens is 1. The Kier molecular flexibility index (Phi) is 7.01. The average molecular weight is 411 g/mol. The summed E-state index contributed by atoms with van der Waals surface area (Å²) in [5.41, 5.74) is 0.483. The number of aryl methyl sites for hydroxylation is 1. The molecule has 0 saturated heterocycles. The Morgan fingerprint density at radius 2 is 2.00 bits per heavy atom. The maximum absolute atomic E-state index is 14.4. The van der Waals surface area contributed by atoms with Gasteiger partial charge in [-0.3, -0.25) is 10.2 Å². The lowest BCUT2D eigenvalue weighted by Gasteiger charge is -2.21. The molecular weight excluding hydrogens is 385 g/mol. The molecule has 0 aromatic heterocycles. The van der Waals surface area contributed by atoms with Crippen LogP contribution in [0.25, 0.3) is 0 Å². The molecule has 1 unspecified atom stereocenters. The lowest BCUT2D eigenvalue weighted by molar-refractivity contribution is 0.0959. The molecule has 1 aromatic rings. The molecule has 0 saturated carbocycles. The van der Waals surface area contributed by atoms with Gasteiger partial charge in [0.2, 0.25) is 0 Å². The van der Waals surface area contributed by atoms with Crippen LogP contribution in [0.4, 0.5) is 14.9 Å². The number of carbonyl (C=O) groups excluding carboxylic acids is 2. The normalized spacial score (nSPS) is 15.3. The number of urea groups is 1. The van der Waals surface area contributed by atoms with Gasteiger partial charge in [-0.05, 0) is 36.1 Å². The first kappa shape index (κ1) is 22.7. The molecule has 0 radical (unpaired) electrons. The monoisotopic (exact) mass is 411 g/mol. The summed E-state index contributed by atoms with van der Waals surface area (Å²) in [5, 5.41) is 18.5. The minimum absolute atomic E-state index is 0.000343. The molecule has 2 rings (SSSR count). The van der Waals surface area contributed by atoms with E-state index in [-0.39, 0.29) is 22.5 Å². The number of nitrogens with one attached hydrogen (secondary N) is 5. The Morgan fingerprint density at radius 1 is 1.30 bits per heavy atom. The van der Waals surface area contributed by atoms with Crippen molar-refractivity contribution in [2.75, 3.05) is 11.9 Å². The molecule has 0 aliphatic carbocycles. The van der Waals surface area contributed by atoms with Crippen LogP contribution < -0.4 is 21.3 Å². The molecule has 1 heterocycles. The van der Waals surface area contributed by atoms with Crippen molar-refractivity contribution in [1.29, 1.82) is 5.41 Å². The molecule has 158 valence electrons. The Morgan fingerprint density at radius 3 is 2.63 bits per heavy atom. The maximum Gasteiger partial charge on any atom is 0.319 e. The molecule has 5 N–H and O–H groups in total. The summed E-state index contributed by atoms with van der Waals surface area (Å²) in [6.07, 6.45) is 10.1. The predicted octanol–water partition coefficient (Wildman–Crippen LogP) is 3.05. The average Bonchev–Trinajstić information content (AvgIpc) is 2.67. The molecule has 1 atom stereocenters. The van der Waals surface area contributed by atoms with Crippen LogP contribution in [0.5, 0.6) is 0 Å². The van der Waals surface area contributed by atoms with Gasteiger partial charge in [0, 0.05) is 12.2 Å². The van der Waals surface area contributed by atoms with Crippen molar-refractivity contribution < 1.29 is 14.0 Å². The van der Waals surface area contributed by atoms with E-state index in [0.717, 1.165) is 0 Å². The Hall–Kier alpha value is -3.60. The van der Waals surface area contributed by atoms with E-state index in [9.17, 15) is 14.0 Å². The smallest absolute Gasteiger partial charge is 0.319 e. The zero-order valence-corrected chi connectivity index (χ0v) is 17.4. The van der Waals surface area contributed by atoms with Crippen molar-refractivity contribution in [3.63, 3.8) is 0 Å². The van der Waals surface area contributed by atoms with Crippen LogP contribution in [0.3, 0.4) is 0 Å². The van der Waals surface area contributed by atoms with Crippen LogP contribution >= 0.6 is 0 Å². The summed E-state index contributed by atoms with van der Waals surface area (Å²) in [6.45, 7) is 8.04. The number of benzene rings is 1. The fraction of sp³-hybridized carbons (Fsp3) is 0.318. The van der Waals surface area contributed by atoms with Crippen LogP contribution in [0, 0.1) is 35.9 Å². The van der Waals surface area contributed by atoms with Crippen LogP contribution in [-0.4, -0.2) is 30.2 Å². The number of amides is 3. The third kappa shape index (κ3) is 6.21. The number of hydrogen-bond donors (Lipinski definition) is 5. The zero-order valence-electron chi connectivity index (χ0n) is 17.4. The first-order chi connectivity index (χ1) is 14.0. The summed E-state index contributed by atoms with van der Waals surface area (Å²) >= 11 is 0. The topological polar surface area (TPSA) is 106 Å². The van der Waals surface area contributed by atoms with Crippen LogP contribution in [-0.2, 0) is 0 Å². The van der Waals surface area contributed by atoms with Gasteiger partial charge in [0.15, 0.2) is 0 Å². The lowest BCUT2D eigenvalue weighted by atomic mass is 9.97. The highest BCUT2D eigenvalue weighted by Crippen LogP contribution is 2.21. The molecule has 8 heteroatoms. The number of rotatable bonds is 5. The molecule has 7 nitrogen and oxygen atoms in total. The van der Waals surface area contributed by atoms with Crippen LogP contribution in [0.15, 0.2) is 36.2 Å². The first-order valence-electron chi connectivity index (χ1n) is 9.36. The number of terminal acetylenes is 1. The zero-order chi connectivity index (χ0) is 22.5. The molecule has 30 heavy (non-hydrogen) atoms. The van der Waals surface area contributed by atoms with Gasteiger partial charge in [-0.15, -0.1) is 6.42 Å². The third-order valence-electron chi connectivity index (χ3n) is 4.18. The van der Waals surface area contributed by atoms with Crippen molar-refractivity contribution in [3.05, 3.63) is 53.1 Å². The summed E-state index contributed by atoms with van der Waals surface area (Å²) < 4.78 is 14.4. The van der Waals surface area contributed by atoms with Crippen molar-refractivity contribution in [2.24, 2.45) is 5.41 Å². The van der Waals surface area contributed by atoms with E-state index >= 15 is 0 Å². The molecule has 0 fully saturated rings. The second-order valence-corrected chi connectivity index (χ2v) is 8.11. The molecule has 1 aliphatic heterocycles. The van der Waals surface area contributed by atoms with Crippen molar-refractivity contribution in [1.82, 2.24) is 16.0 Å². The van der Waals surface area contributed by atoms with E-state index in [1.54, 1.807) is 25.2 Å². The van der Waals surface area contributed by atoms with Gasteiger partial charge in [0.1, 0.15) is 17.3 Å². The number of anilines is 1. The molecule has 1 aromatic carbocycles. The second kappa shape index (κ2) is 9.27. The van der Waals surface area contributed by atoms with E-state index in [1.165, 1.54) is 12.1 Å². The van der Waals surface area contributed by atoms with Gasteiger partial charge in [0.25, 0.3) is 5.91 Å². The maximum atomic E-state index is 14.4.